The molecule has 23 heavy (non-hydrogen) atoms. The van der Waals surface area contributed by atoms with E-state index < -0.39 is 11.3 Å². The summed E-state index contributed by atoms with van der Waals surface area (Å²) in [7, 11) is 1.65. The van der Waals surface area contributed by atoms with Crippen LogP contribution < -0.4 is 15.3 Å². The molecule has 2 atom stereocenters. The van der Waals surface area contributed by atoms with Gasteiger partial charge in [-0.05, 0) is 57.2 Å². The van der Waals surface area contributed by atoms with Gasteiger partial charge in [-0.15, -0.1) is 0 Å². The molecule has 0 aliphatic rings. The Balaban J connectivity index is 2.30. The van der Waals surface area contributed by atoms with Crippen LogP contribution in [0.15, 0.2) is 24.3 Å². The molecular formula is C17H30N2O4. The number of hydroxylamine groups is 2. The van der Waals surface area contributed by atoms with Crippen molar-refractivity contribution in [3.8, 4) is 5.75 Å². The Hall–Kier alpha value is -1.18. The van der Waals surface area contributed by atoms with E-state index >= 15 is 0 Å². The molecule has 0 saturated carbocycles. The number of quaternary nitrogens is 1. The van der Waals surface area contributed by atoms with Gasteiger partial charge in [-0.3, -0.25) is 0 Å². The molecule has 6 heteroatoms. The summed E-state index contributed by atoms with van der Waals surface area (Å²) in [4.78, 5) is 0. The van der Waals surface area contributed by atoms with Gasteiger partial charge < -0.3 is 20.4 Å². The molecule has 0 aliphatic heterocycles. The Kier molecular flexibility index (Phi) is 8.51. The lowest BCUT2D eigenvalue weighted by atomic mass is 9.94. The maximum Gasteiger partial charge on any atom is 0.118 e. The van der Waals surface area contributed by atoms with E-state index in [1.54, 1.807) is 7.11 Å². The van der Waals surface area contributed by atoms with E-state index in [1.807, 2.05) is 24.3 Å². The largest absolute Gasteiger partial charge is 0.600 e. The van der Waals surface area contributed by atoms with Crippen molar-refractivity contribution >= 4 is 0 Å². The monoisotopic (exact) mass is 326 g/mol. The fourth-order valence-corrected chi connectivity index (χ4v) is 2.47. The van der Waals surface area contributed by atoms with Gasteiger partial charge in [0.2, 0.25) is 0 Å². The van der Waals surface area contributed by atoms with E-state index in [1.165, 1.54) is 5.56 Å². The van der Waals surface area contributed by atoms with Crippen LogP contribution in [0.3, 0.4) is 0 Å². The minimum atomic E-state index is -0.779. The van der Waals surface area contributed by atoms with Gasteiger partial charge in [0.25, 0.3) is 0 Å². The number of nitrogens with one attached hydrogen (secondary N) is 2. The van der Waals surface area contributed by atoms with Crippen LogP contribution in [0.2, 0.25) is 0 Å². The fraction of sp³-hybridized carbons (Fsp3) is 0.647. The van der Waals surface area contributed by atoms with E-state index in [9.17, 15) is 10.3 Å². The lowest BCUT2D eigenvalue weighted by Gasteiger charge is -2.28. The molecule has 0 bridgehead atoms. The van der Waals surface area contributed by atoms with Crippen LogP contribution in [0.5, 0.6) is 5.75 Å². The molecule has 6 nitrogen and oxygen atoms in total. The van der Waals surface area contributed by atoms with Gasteiger partial charge in [0, 0.05) is 12.1 Å². The fourth-order valence-electron chi connectivity index (χ4n) is 2.47. The summed E-state index contributed by atoms with van der Waals surface area (Å²) in [6.45, 7) is 4.89. The third kappa shape index (κ3) is 8.88. The van der Waals surface area contributed by atoms with Gasteiger partial charge in [0.15, 0.2) is 0 Å². The van der Waals surface area contributed by atoms with E-state index in [-0.39, 0.29) is 12.1 Å². The van der Waals surface area contributed by atoms with Gasteiger partial charge in [-0.25, -0.2) is 10.4 Å². The number of ether oxygens (including phenoxy) is 1. The van der Waals surface area contributed by atoms with Crippen molar-refractivity contribution in [2.45, 2.75) is 51.2 Å². The van der Waals surface area contributed by atoms with Crippen molar-refractivity contribution in [1.82, 2.24) is 5.32 Å². The average Bonchev–Trinajstić information content (AvgIpc) is 2.50. The topological polar surface area (TPSA) is 89.2 Å². The Morgan fingerprint density at radius 3 is 2.48 bits per heavy atom. The Bertz CT molecular complexity index is 435. The number of hydrogen-bond donors (Lipinski definition) is 4. The number of aliphatic hydroxyl groups excluding tert-OH is 1. The minimum absolute atomic E-state index is 0.128. The first-order chi connectivity index (χ1) is 10.8. The quantitative estimate of drug-likeness (QED) is 0.358. The SMILES string of the molecule is COc1ccc(CC(C)(C)NCC(O)CCCC[NH+]([O-])O)cc1. The summed E-state index contributed by atoms with van der Waals surface area (Å²) >= 11 is 0. The van der Waals surface area contributed by atoms with E-state index in [4.69, 9.17) is 9.94 Å². The third-order valence-electron chi connectivity index (χ3n) is 3.80. The normalized spacial score (nSPS) is 14.5. The molecule has 0 aliphatic carbocycles. The number of hydrogen-bond acceptors (Lipinski definition) is 5. The standard InChI is InChI=1S/C17H30N2O4/c1-17(2,12-14-7-9-16(23-3)10-8-14)18-13-15(20)6-4-5-11-19(21)22/h7-10,15,18-21H,4-6,11-13H2,1-3H3. The van der Waals surface area contributed by atoms with E-state index in [0.29, 0.717) is 19.4 Å². The molecule has 132 valence electrons. The van der Waals surface area contributed by atoms with Crippen LogP contribution in [-0.2, 0) is 6.42 Å². The second-order valence-electron chi connectivity index (χ2n) is 6.58. The van der Waals surface area contributed by atoms with E-state index in [2.05, 4.69) is 19.2 Å². The summed E-state index contributed by atoms with van der Waals surface area (Å²) in [5, 5.41) is 31.6. The summed E-state index contributed by atoms with van der Waals surface area (Å²) in [5.74, 6) is 0.844. The number of aliphatic hydroxyl groups is 1. The van der Waals surface area contributed by atoms with Crippen molar-refractivity contribution in [2.24, 2.45) is 0 Å². The van der Waals surface area contributed by atoms with Crippen LogP contribution in [0.25, 0.3) is 0 Å². The zero-order valence-electron chi connectivity index (χ0n) is 14.3. The molecule has 0 saturated heterocycles. The molecule has 0 spiro atoms. The Morgan fingerprint density at radius 2 is 1.91 bits per heavy atom. The van der Waals surface area contributed by atoms with Gasteiger partial charge in [0.05, 0.1) is 13.2 Å². The highest BCUT2D eigenvalue weighted by molar-refractivity contribution is 5.28. The smallest absolute Gasteiger partial charge is 0.118 e. The van der Waals surface area contributed by atoms with Gasteiger partial charge in [-0.2, -0.15) is 0 Å². The lowest BCUT2D eigenvalue weighted by molar-refractivity contribution is -1.05. The zero-order chi connectivity index (χ0) is 17.3. The molecule has 4 N–H and O–H groups in total. The number of β-amino-alcohol motifs (C(OH)–C–C–N with tert-alkyl or cyclic N) is 1. The first-order valence-electron chi connectivity index (χ1n) is 8.10. The molecule has 1 rings (SSSR count). The van der Waals surface area contributed by atoms with Gasteiger partial charge in [-0.1, -0.05) is 12.1 Å². The van der Waals surface area contributed by atoms with Crippen LogP contribution in [0.1, 0.15) is 38.7 Å². The number of unbranched alkanes of at least 4 members (excludes halogenated alkanes) is 1. The molecule has 0 amide bonds. The molecule has 2 unspecified atom stereocenters. The summed E-state index contributed by atoms with van der Waals surface area (Å²) in [6, 6.07) is 7.99. The van der Waals surface area contributed by atoms with E-state index in [0.717, 1.165) is 18.6 Å². The predicted octanol–water partition coefficient (Wildman–Crippen LogP) is 0.909. The molecule has 0 aromatic heterocycles. The molecule has 0 fully saturated rings. The van der Waals surface area contributed by atoms with Crippen molar-refractivity contribution in [3.63, 3.8) is 0 Å². The first-order valence-corrected chi connectivity index (χ1v) is 8.10. The maximum atomic E-state index is 10.4. The Labute approximate surface area is 138 Å². The van der Waals surface area contributed by atoms with Crippen LogP contribution >= 0.6 is 0 Å². The molecule has 1 aromatic carbocycles. The van der Waals surface area contributed by atoms with Crippen LogP contribution in [0, 0.1) is 5.21 Å². The van der Waals surface area contributed by atoms with Gasteiger partial charge >= 0.3 is 0 Å². The molecule has 1 aromatic rings. The maximum absolute atomic E-state index is 10.4. The highest BCUT2D eigenvalue weighted by Crippen LogP contribution is 2.17. The van der Waals surface area contributed by atoms with Gasteiger partial charge in [0.1, 0.15) is 12.3 Å². The van der Waals surface area contributed by atoms with Crippen LogP contribution in [-0.4, -0.2) is 42.2 Å². The predicted molar refractivity (Wildman–Crippen MR) is 89.6 cm³/mol. The van der Waals surface area contributed by atoms with Crippen molar-refractivity contribution in [2.75, 3.05) is 20.2 Å². The van der Waals surface area contributed by atoms with Crippen LogP contribution in [0.4, 0.5) is 0 Å². The summed E-state index contributed by atoms with van der Waals surface area (Å²) < 4.78 is 5.15. The van der Waals surface area contributed by atoms with Crippen molar-refractivity contribution < 1.29 is 20.3 Å². The number of methoxy groups -OCH3 is 1. The molecule has 0 radical (unpaired) electrons. The number of benzene rings is 1. The summed E-state index contributed by atoms with van der Waals surface area (Å²) in [6.07, 6.45) is 2.37. The van der Waals surface area contributed by atoms with Crippen molar-refractivity contribution in [3.05, 3.63) is 35.0 Å². The third-order valence-corrected chi connectivity index (χ3v) is 3.80. The van der Waals surface area contributed by atoms with Crippen molar-refractivity contribution in [1.29, 1.82) is 0 Å². The molecule has 0 heterocycles. The second kappa shape index (κ2) is 9.85. The highest BCUT2D eigenvalue weighted by atomic mass is 16.8. The average molecular weight is 326 g/mol. The first kappa shape index (κ1) is 19.9. The Morgan fingerprint density at radius 1 is 1.26 bits per heavy atom. The highest BCUT2D eigenvalue weighted by Gasteiger charge is 2.19. The lowest BCUT2D eigenvalue weighted by Crippen LogP contribution is -3.04. The second-order valence-corrected chi connectivity index (χ2v) is 6.58. The molecular weight excluding hydrogens is 296 g/mol. The number of rotatable bonds is 11. The minimum Gasteiger partial charge on any atom is -0.600 e. The summed E-state index contributed by atoms with van der Waals surface area (Å²) in [5.41, 5.74) is 1.08. The zero-order valence-corrected chi connectivity index (χ0v) is 14.3.